The molecule has 6 rings (SSSR count). The molecule has 8 nitrogen and oxygen atoms in total. The molecule has 2 aliphatic heterocycles. The summed E-state index contributed by atoms with van der Waals surface area (Å²) in [5, 5.41) is 0. The Hall–Kier alpha value is -3.68. The second-order valence-electron chi connectivity index (χ2n) is 11.9. The van der Waals surface area contributed by atoms with Crippen molar-refractivity contribution in [2.45, 2.75) is 101 Å². The van der Waals surface area contributed by atoms with E-state index in [1.54, 1.807) is 58.3 Å². The minimum absolute atomic E-state index is 0.177. The lowest BCUT2D eigenvalue weighted by Gasteiger charge is -2.48. The van der Waals surface area contributed by atoms with Gasteiger partial charge in [0.05, 0.1) is 0 Å². The zero-order chi connectivity index (χ0) is 28.1. The number of imide groups is 2. The largest absolute Gasteiger partial charge is 0.331 e. The number of carbonyl (C=O) groups is 4. The molecule has 40 heavy (non-hydrogen) atoms. The van der Waals surface area contributed by atoms with E-state index in [0.717, 1.165) is 64.2 Å². The summed E-state index contributed by atoms with van der Waals surface area (Å²) in [6.07, 6.45) is 9.10. The van der Waals surface area contributed by atoms with Gasteiger partial charge in [-0.2, -0.15) is 0 Å². The minimum atomic E-state index is -1.39. The normalized spacial score (nSPS) is 27.9. The van der Waals surface area contributed by atoms with Crippen molar-refractivity contribution in [3.63, 3.8) is 0 Å². The van der Waals surface area contributed by atoms with Crippen molar-refractivity contribution in [1.82, 2.24) is 19.6 Å². The van der Waals surface area contributed by atoms with Crippen LogP contribution in [0.1, 0.15) is 98.8 Å². The van der Waals surface area contributed by atoms with Gasteiger partial charge in [-0.1, -0.05) is 74.9 Å². The van der Waals surface area contributed by atoms with E-state index in [-0.39, 0.29) is 12.1 Å². The zero-order valence-electron chi connectivity index (χ0n) is 23.4. The van der Waals surface area contributed by atoms with Crippen molar-refractivity contribution in [1.29, 1.82) is 0 Å². The molecule has 2 saturated carbocycles. The molecule has 6 amide bonds. The van der Waals surface area contributed by atoms with Gasteiger partial charge in [0, 0.05) is 23.2 Å². The molecule has 2 aromatic rings. The summed E-state index contributed by atoms with van der Waals surface area (Å²) < 4.78 is 0. The lowest BCUT2D eigenvalue weighted by molar-refractivity contribution is -0.0549. The topological polar surface area (TPSA) is 81.2 Å². The van der Waals surface area contributed by atoms with E-state index in [1.807, 2.05) is 26.0 Å². The van der Waals surface area contributed by atoms with Crippen LogP contribution in [0.2, 0.25) is 0 Å². The van der Waals surface area contributed by atoms with E-state index in [9.17, 15) is 19.2 Å². The molecule has 0 spiro atoms. The number of urea groups is 2. The number of hydrogen-bond acceptors (Lipinski definition) is 4. The van der Waals surface area contributed by atoms with Crippen LogP contribution in [-0.4, -0.2) is 66.9 Å². The number of hydrogen-bond donors (Lipinski definition) is 0. The van der Waals surface area contributed by atoms with Gasteiger partial charge in [-0.3, -0.25) is 19.4 Å². The van der Waals surface area contributed by atoms with E-state index < -0.39 is 35.2 Å². The van der Waals surface area contributed by atoms with Crippen LogP contribution >= 0.6 is 0 Å². The maximum atomic E-state index is 14.6. The maximum Gasteiger partial charge on any atom is 0.331 e. The summed E-state index contributed by atoms with van der Waals surface area (Å²) in [5.41, 5.74) is -2.02. The predicted octanol–water partition coefficient (Wildman–Crippen LogP) is 6.24. The fourth-order valence-electron chi connectivity index (χ4n) is 7.75. The molecule has 2 heterocycles. The number of carbonyl (C=O) groups excluding carboxylic acids is 4. The third kappa shape index (κ3) is 3.71. The number of fused-ring (bicyclic) bond motifs is 1. The lowest BCUT2D eigenvalue weighted by atomic mass is 9.86. The highest BCUT2D eigenvalue weighted by Gasteiger charge is 2.78. The van der Waals surface area contributed by atoms with Gasteiger partial charge in [-0.05, 0) is 63.8 Å². The van der Waals surface area contributed by atoms with Crippen molar-refractivity contribution in [2.24, 2.45) is 0 Å². The zero-order valence-corrected chi connectivity index (χ0v) is 23.4. The summed E-state index contributed by atoms with van der Waals surface area (Å²) in [4.78, 5) is 63.9. The molecule has 0 aromatic heterocycles. The van der Waals surface area contributed by atoms with Crippen molar-refractivity contribution in [3.8, 4) is 0 Å². The number of rotatable bonds is 4. The van der Waals surface area contributed by atoms with Crippen LogP contribution < -0.4 is 0 Å². The average molecular weight is 543 g/mol. The molecule has 2 saturated heterocycles. The van der Waals surface area contributed by atoms with Gasteiger partial charge in [0.1, 0.15) is 0 Å². The van der Waals surface area contributed by atoms with Gasteiger partial charge in [0.25, 0.3) is 11.8 Å². The first-order valence-corrected chi connectivity index (χ1v) is 14.8. The van der Waals surface area contributed by atoms with Crippen LogP contribution in [-0.2, 0) is 0 Å². The molecule has 210 valence electrons. The molecule has 0 N–H and O–H groups in total. The Kier molecular flexibility index (Phi) is 6.67. The van der Waals surface area contributed by atoms with Gasteiger partial charge in [0.2, 0.25) is 0 Å². The molecule has 0 radical (unpaired) electrons. The van der Waals surface area contributed by atoms with Gasteiger partial charge >= 0.3 is 12.1 Å². The van der Waals surface area contributed by atoms with Crippen molar-refractivity contribution >= 4 is 23.9 Å². The Morgan fingerprint density at radius 1 is 0.575 bits per heavy atom. The van der Waals surface area contributed by atoms with Crippen molar-refractivity contribution in [3.05, 3.63) is 71.8 Å². The van der Waals surface area contributed by atoms with E-state index >= 15 is 0 Å². The molecule has 2 atom stereocenters. The van der Waals surface area contributed by atoms with Crippen LogP contribution in [0.25, 0.3) is 0 Å². The van der Waals surface area contributed by atoms with Gasteiger partial charge in [-0.25, -0.2) is 19.4 Å². The van der Waals surface area contributed by atoms with E-state index in [0.29, 0.717) is 11.1 Å². The smallest absolute Gasteiger partial charge is 0.293 e. The first-order valence-electron chi connectivity index (χ1n) is 14.8. The molecule has 0 bridgehead atoms. The van der Waals surface area contributed by atoms with Gasteiger partial charge in [-0.15, -0.1) is 0 Å². The second kappa shape index (κ2) is 10.1. The monoisotopic (exact) mass is 542 g/mol. The van der Waals surface area contributed by atoms with E-state index in [2.05, 4.69) is 0 Å². The quantitative estimate of drug-likeness (QED) is 0.458. The van der Waals surface area contributed by atoms with E-state index in [1.165, 1.54) is 9.80 Å². The number of benzene rings is 2. The molecule has 2 aromatic carbocycles. The van der Waals surface area contributed by atoms with Crippen LogP contribution in [0.5, 0.6) is 0 Å². The highest BCUT2D eigenvalue weighted by molar-refractivity contribution is 6.12. The molecule has 2 unspecified atom stereocenters. The highest BCUT2D eigenvalue weighted by Crippen LogP contribution is 2.55. The minimum Gasteiger partial charge on any atom is -0.293 e. The Morgan fingerprint density at radius 3 is 1.23 bits per heavy atom. The summed E-state index contributed by atoms with van der Waals surface area (Å²) in [6, 6.07) is 16.4. The van der Waals surface area contributed by atoms with Gasteiger partial charge < -0.3 is 0 Å². The fourth-order valence-corrected chi connectivity index (χ4v) is 7.75. The summed E-state index contributed by atoms with van der Waals surface area (Å²) in [6.45, 7) is 3.67. The van der Waals surface area contributed by atoms with Crippen LogP contribution in [0.15, 0.2) is 60.7 Å². The first kappa shape index (κ1) is 26.5. The average Bonchev–Trinajstić information content (AvgIpc) is 3.27. The molecule has 8 heteroatoms. The molecular weight excluding hydrogens is 504 g/mol. The third-order valence-corrected chi connectivity index (χ3v) is 9.83. The lowest BCUT2D eigenvalue weighted by Crippen LogP contribution is -2.68. The third-order valence-electron chi connectivity index (χ3n) is 9.83. The van der Waals surface area contributed by atoms with Crippen molar-refractivity contribution in [2.75, 3.05) is 0 Å². The molecule has 4 fully saturated rings. The molecule has 4 aliphatic rings. The summed E-state index contributed by atoms with van der Waals surface area (Å²) in [7, 11) is 0. The Bertz CT molecular complexity index is 1200. The Morgan fingerprint density at radius 2 is 0.900 bits per heavy atom. The second-order valence-corrected chi connectivity index (χ2v) is 11.9. The number of nitrogens with zero attached hydrogens (tertiary/aromatic N) is 4. The maximum absolute atomic E-state index is 14.6. The molecular formula is C32H38N4O4. The van der Waals surface area contributed by atoms with E-state index in [4.69, 9.17) is 0 Å². The standard InChI is InChI=1S/C32H38N4O4/c1-31-32(2,34(26-21-13-6-14-22-26)30(40)35(31)27(37)23-15-7-3-8-16-23)36(28(38)24-17-9-4-10-18-24)29(39)33(31)25-19-11-5-12-20-25/h3-4,7-10,15-18,25-26H,5-6,11-14,19-22H2,1-2H3. The van der Waals surface area contributed by atoms with Gasteiger partial charge in [0.15, 0.2) is 11.3 Å². The van der Waals surface area contributed by atoms with Crippen LogP contribution in [0.3, 0.4) is 0 Å². The Balaban J connectivity index is 1.57. The Labute approximate surface area is 235 Å². The first-order chi connectivity index (χ1) is 19.3. The number of amides is 6. The van der Waals surface area contributed by atoms with Crippen molar-refractivity contribution < 1.29 is 19.2 Å². The van der Waals surface area contributed by atoms with Crippen LogP contribution in [0.4, 0.5) is 9.59 Å². The fraction of sp³-hybridized carbons (Fsp3) is 0.500. The molecule has 2 aliphatic carbocycles. The predicted molar refractivity (Wildman–Crippen MR) is 150 cm³/mol. The summed E-state index contributed by atoms with van der Waals surface area (Å²) >= 11 is 0. The SMILES string of the molecule is CC12N(C(=O)c3ccccc3)C(=O)N(C3CCCCC3)C1(C)N(C(=O)c1ccccc1)C(=O)N2C1CCCCC1. The highest BCUT2D eigenvalue weighted by atomic mass is 16.2. The summed E-state index contributed by atoms with van der Waals surface area (Å²) in [5.74, 6) is -0.888. The van der Waals surface area contributed by atoms with Crippen LogP contribution in [0, 0.1) is 0 Å².